The van der Waals surface area contributed by atoms with Crippen LogP contribution >= 0.6 is 0 Å². The largest absolute Gasteiger partial charge is 0.477 e. The van der Waals surface area contributed by atoms with Crippen LogP contribution in [-0.2, 0) is 16.0 Å². The van der Waals surface area contributed by atoms with Crippen molar-refractivity contribution in [3.05, 3.63) is 59.7 Å². The van der Waals surface area contributed by atoms with Crippen molar-refractivity contribution in [2.45, 2.75) is 45.6 Å². The van der Waals surface area contributed by atoms with Gasteiger partial charge < -0.3 is 20.3 Å². The summed E-state index contributed by atoms with van der Waals surface area (Å²) in [4.78, 5) is 27.0. The third-order valence-corrected chi connectivity index (χ3v) is 5.42. The highest BCUT2D eigenvalue weighted by Gasteiger charge is 2.31. The molecule has 2 amide bonds. The number of ether oxygens (including phenoxy) is 1. The van der Waals surface area contributed by atoms with Crippen molar-refractivity contribution in [1.29, 1.82) is 0 Å². The summed E-state index contributed by atoms with van der Waals surface area (Å²) in [5.41, 5.74) is 3.35. The lowest BCUT2D eigenvalue weighted by atomic mass is 10.0. The smallest absolute Gasteiger partial charge is 0.262 e. The molecule has 0 spiro atoms. The minimum atomic E-state index is -0.631. The summed E-state index contributed by atoms with van der Waals surface area (Å²) in [5, 5.41) is 5.88. The van der Waals surface area contributed by atoms with Crippen LogP contribution in [0.5, 0.6) is 5.75 Å². The normalized spacial score (nSPS) is 15.2. The van der Waals surface area contributed by atoms with E-state index < -0.39 is 6.10 Å². The molecule has 1 heterocycles. The van der Waals surface area contributed by atoms with Crippen LogP contribution in [0, 0.1) is 0 Å². The quantitative estimate of drug-likeness (QED) is 0.650. The Balaban J connectivity index is 1.55. The molecule has 0 saturated heterocycles. The molecule has 0 saturated carbocycles. The molecule has 1 atom stereocenters. The van der Waals surface area contributed by atoms with E-state index in [-0.39, 0.29) is 18.4 Å². The van der Waals surface area contributed by atoms with E-state index in [2.05, 4.69) is 48.7 Å². The molecule has 2 aromatic carbocycles. The van der Waals surface area contributed by atoms with E-state index in [0.29, 0.717) is 31.3 Å². The second kappa shape index (κ2) is 10.8. The number of carbonyl (C=O) groups excluding carboxylic acids is 2. The zero-order valence-corrected chi connectivity index (χ0v) is 18.7. The number of hydrogen-bond acceptors (Lipinski definition) is 4. The van der Waals surface area contributed by atoms with Crippen molar-refractivity contribution in [3.63, 3.8) is 0 Å². The van der Waals surface area contributed by atoms with Crippen LogP contribution in [0.2, 0.25) is 0 Å². The second-order valence-corrected chi connectivity index (χ2v) is 8.24. The number of hydrogen-bond donors (Lipinski definition) is 2. The van der Waals surface area contributed by atoms with Crippen molar-refractivity contribution in [2.24, 2.45) is 0 Å². The molecule has 6 nitrogen and oxygen atoms in total. The predicted molar refractivity (Wildman–Crippen MR) is 124 cm³/mol. The van der Waals surface area contributed by atoms with E-state index in [9.17, 15) is 9.59 Å². The van der Waals surface area contributed by atoms with E-state index in [1.54, 1.807) is 0 Å². The molecular weight excluding hydrogens is 390 g/mol. The van der Waals surface area contributed by atoms with Gasteiger partial charge in [0.25, 0.3) is 5.91 Å². The van der Waals surface area contributed by atoms with Gasteiger partial charge in [0, 0.05) is 13.1 Å². The van der Waals surface area contributed by atoms with E-state index in [1.807, 2.05) is 36.1 Å². The predicted octanol–water partition coefficient (Wildman–Crippen LogP) is 3.26. The molecule has 1 aliphatic rings. The summed E-state index contributed by atoms with van der Waals surface area (Å²) in [7, 11) is 0. The SMILES string of the molecule is CCCNC(=O)[C@@H]1CN(CC(=O)NCCc2ccc(C(C)C)cc2)c2ccccc2O1. The van der Waals surface area contributed by atoms with Crippen LogP contribution in [0.3, 0.4) is 0 Å². The molecule has 0 radical (unpaired) electrons. The minimum absolute atomic E-state index is 0.0665. The van der Waals surface area contributed by atoms with Gasteiger partial charge >= 0.3 is 0 Å². The van der Waals surface area contributed by atoms with Gasteiger partial charge in [-0.2, -0.15) is 0 Å². The van der Waals surface area contributed by atoms with Crippen LogP contribution in [0.1, 0.15) is 44.2 Å². The molecule has 2 N–H and O–H groups in total. The number of anilines is 1. The summed E-state index contributed by atoms with van der Waals surface area (Å²) in [6.45, 7) is 8.08. The van der Waals surface area contributed by atoms with Crippen molar-refractivity contribution in [1.82, 2.24) is 10.6 Å². The van der Waals surface area contributed by atoms with Crippen molar-refractivity contribution >= 4 is 17.5 Å². The van der Waals surface area contributed by atoms with Gasteiger partial charge in [-0.1, -0.05) is 57.2 Å². The first kappa shape index (κ1) is 22.7. The highest BCUT2D eigenvalue weighted by atomic mass is 16.5. The van der Waals surface area contributed by atoms with Gasteiger partial charge in [-0.05, 0) is 42.0 Å². The summed E-state index contributed by atoms with van der Waals surface area (Å²) in [6, 6.07) is 16.1. The highest BCUT2D eigenvalue weighted by molar-refractivity contribution is 5.86. The molecule has 2 aromatic rings. The summed E-state index contributed by atoms with van der Waals surface area (Å²) in [5.74, 6) is 0.927. The van der Waals surface area contributed by atoms with Crippen LogP contribution in [-0.4, -0.2) is 44.1 Å². The molecular formula is C25H33N3O3. The molecule has 31 heavy (non-hydrogen) atoms. The highest BCUT2D eigenvalue weighted by Crippen LogP contribution is 2.32. The molecule has 3 rings (SSSR count). The Kier molecular flexibility index (Phi) is 7.93. The molecule has 166 valence electrons. The lowest BCUT2D eigenvalue weighted by Gasteiger charge is -2.35. The number of nitrogens with one attached hydrogen (secondary N) is 2. The molecule has 0 unspecified atom stereocenters. The van der Waals surface area contributed by atoms with E-state index >= 15 is 0 Å². The number of benzene rings is 2. The van der Waals surface area contributed by atoms with Crippen LogP contribution in [0.25, 0.3) is 0 Å². The van der Waals surface area contributed by atoms with E-state index in [4.69, 9.17) is 4.74 Å². The molecule has 0 bridgehead atoms. The zero-order valence-electron chi connectivity index (χ0n) is 18.7. The minimum Gasteiger partial charge on any atom is -0.477 e. The van der Waals surface area contributed by atoms with Crippen molar-refractivity contribution < 1.29 is 14.3 Å². The number of amides is 2. The third-order valence-electron chi connectivity index (χ3n) is 5.42. The maximum Gasteiger partial charge on any atom is 0.262 e. The van der Waals surface area contributed by atoms with Gasteiger partial charge in [0.15, 0.2) is 6.10 Å². The Morgan fingerprint density at radius 2 is 1.81 bits per heavy atom. The topological polar surface area (TPSA) is 70.7 Å². The van der Waals surface area contributed by atoms with Gasteiger partial charge in [0.2, 0.25) is 5.91 Å². The van der Waals surface area contributed by atoms with Crippen LogP contribution in [0.15, 0.2) is 48.5 Å². The molecule has 0 aromatic heterocycles. The average Bonchev–Trinajstić information content (AvgIpc) is 2.77. The molecule has 0 aliphatic carbocycles. The summed E-state index contributed by atoms with van der Waals surface area (Å²) in [6.07, 6.45) is 1.02. The Bertz CT molecular complexity index is 880. The zero-order chi connectivity index (χ0) is 22.2. The van der Waals surface area contributed by atoms with Gasteiger partial charge in [-0.15, -0.1) is 0 Å². The Morgan fingerprint density at radius 1 is 1.06 bits per heavy atom. The number of para-hydroxylation sites is 2. The maximum absolute atomic E-state index is 12.6. The van der Waals surface area contributed by atoms with E-state index in [0.717, 1.165) is 18.5 Å². The number of carbonyl (C=O) groups is 2. The fourth-order valence-electron chi connectivity index (χ4n) is 3.60. The van der Waals surface area contributed by atoms with Gasteiger partial charge in [0.05, 0.1) is 18.8 Å². The van der Waals surface area contributed by atoms with Gasteiger partial charge in [-0.3, -0.25) is 9.59 Å². The Hall–Kier alpha value is -3.02. The second-order valence-electron chi connectivity index (χ2n) is 8.24. The van der Waals surface area contributed by atoms with Crippen LogP contribution in [0.4, 0.5) is 5.69 Å². The van der Waals surface area contributed by atoms with Crippen LogP contribution < -0.4 is 20.3 Å². The fourth-order valence-corrected chi connectivity index (χ4v) is 3.60. The Labute approximate surface area is 185 Å². The lowest BCUT2D eigenvalue weighted by Crippen LogP contribution is -2.51. The maximum atomic E-state index is 12.6. The number of rotatable bonds is 9. The number of fused-ring (bicyclic) bond motifs is 1. The fraction of sp³-hybridized carbons (Fsp3) is 0.440. The molecule has 0 fully saturated rings. The first-order valence-corrected chi connectivity index (χ1v) is 11.1. The average molecular weight is 424 g/mol. The van der Waals surface area contributed by atoms with Crippen molar-refractivity contribution in [3.8, 4) is 5.75 Å². The van der Waals surface area contributed by atoms with Crippen molar-refractivity contribution in [2.75, 3.05) is 31.1 Å². The Morgan fingerprint density at radius 3 is 2.52 bits per heavy atom. The van der Waals surface area contributed by atoms with Gasteiger partial charge in [-0.25, -0.2) is 0 Å². The van der Waals surface area contributed by atoms with Gasteiger partial charge in [0.1, 0.15) is 5.75 Å². The molecule has 6 heteroatoms. The standard InChI is InChI=1S/C25H33N3O3/c1-4-14-27-25(30)23-16-28(21-7-5-6-8-22(21)31-23)17-24(29)26-15-13-19-9-11-20(12-10-19)18(2)3/h5-12,18,23H,4,13-17H2,1-3H3,(H,26,29)(H,27,30)/t23-/m0/s1. The lowest BCUT2D eigenvalue weighted by molar-refractivity contribution is -0.128. The number of nitrogens with zero attached hydrogens (tertiary/aromatic N) is 1. The van der Waals surface area contributed by atoms with E-state index in [1.165, 1.54) is 11.1 Å². The summed E-state index contributed by atoms with van der Waals surface area (Å²) < 4.78 is 5.88. The first-order valence-electron chi connectivity index (χ1n) is 11.1. The first-order chi connectivity index (χ1) is 15.0. The molecule has 1 aliphatic heterocycles. The third kappa shape index (κ3) is 6.23. The summed E-state index contributed by atoms with van der Waals surface area (Å²) >= 11 is 0. The monoisotopic (exact) mass is 423 g/mol.